The molecule has 2 aromatic heterocycles. The number of aliphatic hydroxyl groups is 1. The van der Waals surface area contributed by atoms with Gasteiger partial charge in [0, 0.05) is 23.2 Å². The second-order valence-electron chi connectivity index (χ2n) is 4.50. The number of rotatable bonds is 5. The lowest BCUT2D eigenvalue weighted by atomic mass is 10.1. The quantitative estimate of drug-likeness (QED) is 0.876. The topological polar surface area (TPSA) is 45.1 Å². The van der Waals surface area contributed by atoms with E-state index in [2.05, 4.69) is 21.7 Å². The largest absolute Gasteiger partial charge is 0.394 e. The summed E-state index contributed by atoms with van der Waals surface area (Å²) in [5.74, 6) is 0. The minimum Gasteiger partial charge on any atom is -0.394 e. The van der Waals surface area contributed by atoms with Gasteiger partial charge in [-0.25, -0.2) is 4.98 Å². The molecule has 3 nitrogen and oxygen atoms in total. The van der Waals surface area contributed by atoms with Crippen LogP contribution in [0.2, 0.25) is 0 Å². The molecule has 17 heavy (non-hydrogen) atoms. The van der Waals surface area contributed by atoms with Crippen molar-refractivity contribution in [3.05, 3.63) is 28.6 Å². The Morgan fingerprint density at radius 1 is 1.47 bits per heavy atom. The van der Waals surface area contributed by atoms with E-state index in [1.807, 2.05) is 26.1 Å². The highest BCUT2D eigenvalue weighted by Crippen LogP contribution is 2.28. The Morgan fingerprint density at radius 3 is 2.94 bits per heavy atom. The lowest BCUT2D eigenvalue weighted by Crippen LogP contribution is -2.41. The van der Waals surface area contributed by atoms with Crippen molar-refractivity contribution in [3.63, 3.8) is 0 Å². The molecule has 0 radical (unpaired) electrons. The van der Waals surface area contributed by atoms with Gasteiger partial charge in [0.1, 0.15) is 5.01 Å². The molecule has 0 fully saturated rings. The molecule has 0 bridgehead atoms. The van der Waals surface area contributed by atoms with Crippen LogP contribution >= 0.6 is 22.7 Å². The molecular formula is C12H16N2OS2. The average Bonchev–Trinajstić information content (AvgIpc) is 2.97. The molecule has 0 spiro atoms. The molecule has 2 aromatic rings. The summed E-state index contributed by atoms with van der Waals surface area (Å²) < 4.78 is 0. The normalized spacial score (nSPS) is 11.9. The molecule has 0 aliphatic heterocycles. The summed E-state index contributed by atoms with van der Waals surface area (Å²) in [6.45, 7) is 4.84. The zero-order chi connectivity index (χ0) is 12.3. The number of thiophene rings is 1. The van der Waals surface area contributed by atoms with Crippen LogP contribution in [0, 0.1) is 0 Å². The predicted octanol–water partition coefficient (Wildman–Crippen LogP) is 2.73. The third-order valence-corrected chi connectivity index (χ3v) is 4.46. The Bertz CT molecular complexity index is 463. The maximum absolute atomic E-state index is 9.15. The fourth-order valence-corrected chi connectivity index (χ4v) is 2.94. The van der Waals surface area contributed by atoms with Gasteiger partial charge in [0.05, 0.1) is 11.5 Å². The maximum Gasteiger partial charge on any atom is 0.133 e. The SMILES string of the molecule is CC(C)(CO)NCc1cnc(-c2cccs2)s1. The van der Waals surface area contributed by atoms with Crippen LogP contribution in [0.1, 0.15) is 18.7 Å². The zero-order valence-corrected chi connectivity index (χ0v) is 11.6. The van der Waals surface area contributed by atoms with Crippen LogP contribution < -0.4 is 5.32 Å². The lowest BCUT2D eigenvalue weighted by Gasteiger charge is -2.22. The number of nitrogens with one attached hydrogen (secondary N) is 1. The Morgan fingerprint density at radius 2 is 2.29 bits per heavy atom. The average molecular weight is 268 g/mol. The molecule has 5 heteroatoms. The lowest BCUT2D eigenvalue weighted by molar-refractivity contribution is 0.187. The summed E-state index contributed by atoms with van der Waals surface area (Å²) >= 11 is 3.40. The summed E-state index contributed by atoms with van der Waals surface area (Å²) in [6.07, 6.45) is 1.90. The summed E-state index contributed by atoms with van der Waals surface area (Å²) in [6, 6.07) is 4.12. The van der Waals surface area contributed by atoms with Gasteiger partial charge in [-0.1, -0.05) is 6.07 Å². The van der Waals surface area contributed by atoms with Gasteiger partial charge in [-0.05, 0) is 25.3 Å². The predicted molar refractivity (Wildman–Crippen MR) is 73.4 cm³/mol. The Labute approximate surface area is 109 Å². The molecule has 2 heterocycles. The van der Waals surface area contributed by atoms with Crippen molar-refractivity contribution < 1.29 is 5.11 Å². The first kappa shape index (κ1) is 12.7. The Kier molecular flexibility index (Phi) is 3.93. The van der Waals surface area contributed by atoms with E-state index in [1.54, 1.807) is 22.7 Å². The van der Waals surface area contributed by atoms with Gasteiger partial charge >= 0.3 is 0 Å². The van der Waals surface area contributed by atoms with Crippen LogP contribution in [0.4, 0.5) is 0 Å². The van der Waals surface area contributed by atoms with E-state index in [0.29, 0.717) is 0 Å². The minimum absolute atomic E-state index is 0.129. The number of thiazole rings is 1. The second kappa shape index (κ2) is 5.27. The summed E-state index contributed by atoms with van der Waals surface area (Å²) in [5, 5.41) is 15.6. The van der Waals surface area contributed by atoms with Gasteiger partial charge in [-0.3, -0.25) is 0 Å². The molecule has 0 aliphatic carbocycles. The van der Waals surface area contributed by atoms with Crippen molar-refractivity contribution >= 4 is 22.7 Å². The standard InChI is InChI=1S/C12H16N2OS2/c1-12(2,8-15)14-7-9-6-13-11(17-9)10-4-3-5-16-10/h3-6,14-15H,7-8H2,1-2H3. The van der Waals surface area contributed by atoms with E-state index in [0.717, 1.165) is 11.6 Å². The maximum atomic E-state index is 9.15. The molecule has 92 valence electrons. The molecule has 0 saturated heterocycles. The van der Waals surface area contributed by atoms with E-state index in [4.69, 9.17) is 5.11 Å². The van der Waals surface area contributed by atoms with Gasteiger partial charge < -0.3 is 10.4 Å². The number of hydrogen-bond acceptors (Lipinski definition) is 5. The number of aromatic nitrogens is 1. The molecular weight excluding hydrogens is 252 g/mol. The number of nitrogens with zero attached hydrogens (tertiary/aromatic N) is 1. The van der Waals surface area contributed by atoms with Gasteiger partial charge in [0.25, 0.3) is 0 Å². The molecule has 2 N–H and O–H groups in total. The molecule has 0 aromatic carbocycles. The van der Waals surface area contributed by atoms with E-state index in [1.165, 1.54) is 9.75 Å². The van der Waals surface area contributed by atoms with Crippen molar-refractivity contribution in [2.45, 2.75) is 25.9 Å². The summed E-state index contributed by atoms with van der Waals surface area (Å²) in [7, 11) is 0. The highest BCUT2D eigenvalue weighted by atomic mass is 32.1. The van der Waals surface area contributed by atoms with Gasteiger partial charge in [-0.2, -0.15) is 0 Å². The molecule has 0 atom stereocenters. The summed E-state index contributed by atoms with van der Waals surface area (Å²) in [4.78, 5) is 6.81. The fourth-order valence-electron chi connectivity index (χ4n) is 1.29. The molecule has 0 saturated carbocycles. The third-order valence-electron chi connectivity index (χ3n) is 2.42. The fraction of sp³-hybridized carbons (Fsp3) is 0.417. The molecule has 0 aliphatic rings. The number of aliphatic hydroxyl groups excluding tert-OH is 1. The smallest absolute Gasteiger partial charge is 0.133 e. The van der Waals surface area contributed by atoms with Crippen LogP contribution in [0.3, 0.4) is 0 Å². The van der Waals surface area contributed by atoms with Gasteiger partial charge in [-0.15, -0.1) is 22.7 Å². The molecule has 0 unspecified atom stereocenters. The van der Waals surface area contributed by atoms with E-state index in [9.17, 15) is 0 Å². The van der Waals surface area contributed by atoms with Crippen molar-refractivity contribution in [2.24, 2.45) is 0 Å². The molecule has 2 rings (SSSR count). The first-order valence-corrected chi connectivity index (χ1v) is 7.15. The van der Waals surface area contributed by atoms with Crippen LogP contribution in [0.5, 0.6) is 0 Å². The molecule has 0 amide bonds. The van der Waals surface area contributed by atoms with Crippen molar-refractivity contribution in [2.75, 3.05) is 6.61 Å². The zero-order valence-electron chi connectivity index (χ0n) is 9.93. The van der Waals surface area contributed by atoms with Crippen LogP contribution in [-0.4, -0.2) is 22.2 Å². The van der Waals surface area contributed by atoms with Crippen molar-refractivity contribution in [1.82, 2.24) is 10.3 Å². The first-order chi connectivity index (χ1) is 8.11. The van der Waals surface area contributed by atoms with E-state index >= 15 is 0 Å². The third kappa shape index (κ3) is 3.35. The summed E-state index contributed by atoms with van der Waals surface area (Å²) in [5.41, 5.74) is -0.243. The highest BCUT2D eigenvalue weighted by Gasteiger charge is 2.15. The highest BCUT2D eigenvalue weighted by molar-refractivity contribution is 7.20. The van der Waals surface area contributed by atoms with Crippen LogP contribution in [-0.2, 0) is 6.54 Å². The number of hydrogen-bond donors (Lipinski definition) is 2. The van der Waals surface area contributed by atoms with E-state index < -0.39 is 0 Å². The van der Waals surface area contributed by atoms with Gasteiger partial charge in [0.2, 0.25) is 0 Å². The monoisotopic (exact) mass is 268 g/mol. The van der Waals surface area contributed by atoms with Crippen LogP contribution in [0.15, 0.2) is 23.7 Å². The van der Waals surface area contributed by atoms with Crippen molar-refractivity contribution in [1.29, 1.82) is 0 Å². The second-order valence-corrected chi connectivity index (χ2v) is 6.57. The minimum atomic E-state index is -0.243. The van der Waals surface area contributed by atoms with E-state index in [-0.39, 0.29) is 12.1 Å². The van der Waals surface area contributed by atoms with Crippen molar-refractivity contribution in [3.8, 4) is 9.88 Å². The Balaban J connectivity index is 2.00. The van der Waals surface area contributed by atoms with Gasteiger partial charge in [0.15, 0.2) is 0 Å². The first-order valence-electron chi connectivity index (χ1n) is 5.45. The van der Waals surface area contributed by atoms with Crippen LogP contribution in [0.25, 0.3) is 9.88 Å². The Hall–Kier alpha value is -0.750.